The number of ketones is 1. The van der Waals surface area contributed by atoms with Crippen LogP contribution < -0.4 is 4.90 Å². The largest absolute Gasteiger partial charge is 0.462 e. The summed E-state index contributed by atoms with van der Waals surface area (Å²) in [5.41, 5.74) is 3.09. The van der Waals surface area contributed by atoms with Gasteiger partial charge in [-0.3, -0.25) is 14.4 Å². The van der Waals surface area contributed by atoms with Gasteiger partial charge in [-0.15, -0.1) is 0 Å². The summed E-state index contributed by atoms with van der Waals surface area (Å²) in [6.07, 6.45) is 3.77. The molecule has 3 aromatic carbocycles. The van der Waals surface area contributed by atoms with Gasteiger partial charge in [0.2, 0.25) is 11.8 Å². The van der Waals surface area contributed by atoms with Crippen molar-refractivity contribution in [2.75, 3.05) is 11.5 Å². The van der Waals surface area contributed by atoms with Gasteiger partial charge < -0.3 is 9.64 Å². The smallest absolute Gasteiger partial charge is 0.338 e. The van der Waals surface area contributed by atoms with Crippen LogP contribution in [0.1, 0.15) is 44.8 Å². The summed E-state index contributed by atoms with van der Waals surface area (Å²) >= 11 is 0. The third-order valence-corrected chi connectivity index (χ3v) is 7.43. The van der Waals surface area contributed by atoms with E-state index in [1.165, 1.54) is 4.90 Å². The van der Waals surface area contributed by atoms with Crippen LogP contribution in [0, 0.1) is 11.8 Å². The number of fused-ring (bicyclic) bond motifs is 5. The summed E-state index contributed by atoms with van der Waals surface area (Å²) in [6, 6.07) is 21.6. The van der Waals surface area contributed by atoms with Gasteiger partial charge in [0.05, 0.1) is 35.7 Å². The van der Waals surface area contributed by atoms with E-state index < -0.39 is 35.8 Å². The Bertz CT molecular complexity index is 1450. The van der Waals surface area contributed by atoms with E-state index in [2.05, 4.69) is 0 Å². The van der Waals surface area contributed by atoms with E-state index in [-0.39, 0.29) is 18.3 Å². The normalized spacial score (nSPS) is 23.5. The number of esters is 1. The highest BCUT2D eigenvalue weighted by Crippen LogP contribution is 2.53. The molecule has 3 aliphatic heterocycles. The highest BCUT2D eigenvalue weighted by molar-refractivity contribution is 6.24. The molecule has 7 nitrogen and oxygen atoms in total. The van der Waals surface area contributed by atoms with Gasteiger partial charge in [-0.2, -0.15) is 0 Å². The van der Waals surface area contributed by atoms with E-state index >= 15 is 0 Å². The molecule has 3 aromatic rings. The lowest BCUT2D eigenvalue weighted by molar-refractivity contribution is -0.123. The van der Waals surface area contributed by atoms with Crippen molar-refractivity contribution in [3.05, 3.63) is 107 Å². The standard InChI is InChI=1S/C30H24N2O5/c1-2-37-30(36)20-12-14-21(15-13-20)32-28(34)23-24(29(32)35)26(27(33)19-9-4-3-5-10-19)31-17-16-18-8-6-7-11-22(18)25(23)31/h3-17,23-26H,2H2,1H3/t23-,24+,25-,26+/m0/s1. The number of rotatable bonds is 5. The maximum atomic E-state index is 13.9. The number of anilines is 1. The molecule has 0 bridgehead atoms. The van der Waals surface area contributed by atoms with E-state index in [1.54, 1.807) is 55.5 Å². The second kappa shape index (κ2) is 8.85. The van der Waals surface area contributed by atoms with Crippen LogP contribution in [0.15, 0.2) is 85.1 Å². The molecule has 3 heterocycles. The highest BCUT2D eigenvalue weighted by atomic mass is 16.5. The number of hydrogen-bond acceptors (Lipinski definition) is 6. The van der Waals surface area contributed by atoms with Gasteiger partial charge in [-0.25, -0.2) is 9.69 Å². The van der Waals surface area contributed by atoms with Crippen molar-refractivity contribution in [3.63, 3.8) is 0 Å². The third-order valence-electron chi connectivity index (χ3n) is 7.43. The number of hydrogen-bond donors (Lipinski definition) is 0. The number of ether oxygens (including phenoxy) is 1. The molecule has 0 saturated carbocycles. The van der Waals surface area contributed by atoms with Crippen LogP contribution in [-0.4, -0.2) is 41.1 Å². The summed E-state index contributed by atoms with van der Waals surface area (Å²) in [7, 11) is 0. The number of carbonyl (C=O) groups excluding carboxylic acids is 4. The Morgan fingerprint density at radius 1 is 0.811 bits per heavy atom. The summed E-state index contributed by atoms with van der Waals surface area (Å²) < 4.78 is 5.04. The first-order valence-corrected chi connectivity index (χ1v) is 12.3. The molecule has 2 fully saturated rings. The minimum Gasteiger partial charge on any atom is -0.462 e. The van der Waals surface area contributed by atoms with E-state index in [0.717, 1.165) is 11.1 Å². The monoisotopic (exact) mass is 492 g/mol. The number of amides is 2. The van der Waals surface area contributed by atoms with Crippen LogP contribution in [0.2, 0.25) is 0 Å². The lowest BCUT2D eigenvalue weighted by Crippen LogP contribution is -2.44. The van der Waals surface area contributed by atoms with Crippen LogP contribution in [0.5, 0.6) is 0 Å². The predicted molar refractivity (Wildman–Crippen MR) is 136 cm³/mol. The Labute approximate surface area is 213 Å². The molecule has 3 aliphatic rings. The van der Waals surface area contributed by atoms with Gasteiger partial charge in [0, 0.05) is 11.8 Å². The molecule has 0 radical (unpaired) electrons. The second-order valence-corrected chi connectivity index (χ2v) is 9.34. The van der Waals surface area contributed by atoms with Gasteiger partial charge >= 0.3 is 5.97 Å². The maximum absolute atomic E-state index is 13.9. The molecular formula is C30H24N2O5. The van der Waals surface area contributed by atoms with Crippen LogP contribution >= 0.6 is 0 Å². The van der Waals surface area contributed by atoms with Crippen molar-refractivity contribution in [2.45, 2.75) is 19.0 Å². The molecule has 2 saturated heterocycles. The minimum absolute atomic E-state index is 0.192. The molecule has 4 atom stereocenters. The Hall–Kier alpha value is -4.52. The van der Waals surface area contributed by atoms with Gasteiger partial charge in [0.25, 0.3) is 0 Å². The summed E-state index contributed by atoms with van der Waals surface area (Å²) in [4.78, 5) is 56.8. The molecule has 184 valence electrons. The molecule has 0 unspecified atom stereocenters. The lowest BCUT2D eigenvalue weighted by Gasteiger charge is -2.35. The molecule has 2 amide bonds. The zero-order valence-electron chi connectivity index (χ0n) is 20.1. The molecule has 0 aliphatic carbocycles. The van der Waals surface area contributed by atoms with Crippen molar-refractivity contribution >= 4 is 35.3 Å². The number of carbonyl (C=O) groups is 4. The Morgan fingerprint density at radius 2 is 1.49 bits per heavy atom. The fourth-order valence-electron chi connectivity index (χ4n) is 5.85. The first-order chi connectivity index (χ1) is 18.0. The Morgan fingerprint density at radius 3 is 2.22 bits per heavy atom. The van der Waals surface area contributed by atoms with Crippen molar-refractivity contribution < 1.29 is 23.9 Å². The first kappa shape index (κ1) is 22.9. The van der Waals surface area contributed by atoms with Crippen LogP contribution in [-0.2, 0) is 14.3 Å². The minimum atomic E-state index is -0.842. The first-order valence-electron chi connectivity index (χ1n) is 12.3. The fraction of sp³-hybridized carbons (Fsp3) is 0.200. The molecule has 0 N–H and O–H groups in total. The highest BCUT2D eigenvalue weighted by Gasteiger charge is 2.64. The predicted octanol–water partition coefficient (Wildman–Crippen LogP) is 4.26. The zero-order valence-corrected chi connectivity index (χ0v) is 20.1. The number of nitrogens with zero attached hydrogens (tertiary/aromatic N) is 2. The quantitative estimate of drug-likeness (QED) is 0.301. The average Bonchev–Trinajstić information content (AvgIpc) is 3.41. The number of benzene rings is 3. The van der Waals surface area contributed by atoms with Crippen LogP contribution in [0.25, 0.3) is 6.08 Å². The summed E-state index contributed by atoms with van der Waals surface area (Å²) in [6.45, 7) is 1.97. The molecule has 7 heteroatoms. The van der Waals surface area contributed by atoms with Crippen molar-refractivity contribution in [1.82, 2.24) is 4.90 Å². The van der Waals surface area contributed by atoms with E-state index in [0.29, 0.717) is 16.8 Å². The van der Waals surface area contributed by atoms with Crippen molar-refractivity contribution in [1.29, 1.82) is 0 Å². The number of imide groups is 1. The molecule has 0 aromatic heterocycles. The molecule has 0 spiro atoms. The molecular weight excluding hydrogens is 468 g/mol. The van der Waals surface area contributed by atoms with Gasteiger partial charge in [0.15, 0.2) is 5.78 Å². The SMILES string of the molecule is CCOC(=O)c1ccc(N2C(=O)[C@@H]3[C@H](C2=O)[C@@H]2c4ccccc4C=CN2[C@H]3C(=O)c2ccccc2)cc1. The lowest BCUT2D eigenvalue weighted by atomic mass is 9.83. The summed E-state index contributed by atoms with van der Waals surface area (Å²) in [5.74, 6) is -2.98. The van der Waals surface area contributed by atoms with E-state index in [9.17, 15) is 19.2 Å². The molecule has 6 rings (SSSR count). The Kier molecular flexibility index (Phi) is 5.48. The zero-order chi connectivity index (χ0) is 25.7. The second-order valence-electron chi connectivity index (χ2n) is 9.34. The topological polar surface area (TPSA) is 84.0 Å². The van der Waals surface area contributed by atoms with Crippen LogP contribution in [0.3, 0.4) is 0 Å². The maximum Gasteiger partial charge on any atom is 0.338 e. The van der Waals surface area contributed by atoms with E-state index in [1.807, 2.05) is 47.5 Å². The summed E-state index contributed by atoms with van der Waals surface area (Å²) in [5, 5.41) is 0. The van der Waals surface area contributed by atoms with Gasteiger partial charge in [0.1, 0.15) is 6.04 Å². The van der Waals surface area contributed by atoms with Crippen molar-refractivity contribution in [3.8, 4) is 0 Å². The fourth-order valence-corrected chi connectivity index (χ4v) is 5.85. The average molecular weight is 493 g/mol. The van der Waals surface area contributed by atoms with Gasteiger partial charge in [-0.1, -0.05) is 54.6 Å². The molecule has 37 heavy (non-hydrogen) atoms. The third kappa shape index (κ3) is 3.49. The Balaban J connectivity index is 1.43. The van der Waals surface area contributed by atoms with Gasteiger partial charge in [-0.05, 0) is 48.4 Å². The van der Waals surface area contributed by atoms with Crippen molar-refractivity contribution in [2.24, 2.45) is 11.8 Å². The number of Topliss-reactive ketones (excluding diaryl/α,β-unsaturated/α-hetero) is 1. The van der Waals surface area contributed by atoms with Crippen LogP contribution in [0.4, 0.5) is 5.69 Å². The van der Waals surface area contributed by atoms with E-state index in [4.69, 9.17) is 4.74 Å².